The Labute approximate surface area is 189 Å². The molecule has 0 radical (unpaired) electrons. The normalized spacial score (nSPS) is 13.0. The van der Waals surface area contributed by atoms with Crippen molar-refractivity contribution in [3.63, 3.8) is 0 Å². The Kier molecular flexibility index (Phi) is 4.78. The second-order valence-electron chi connectivity index (χ2n) is 8.14. The lowest BCUT2D eigenvalue weighted by molar-refractivity contribution is -0.116. The average Bonchev–Trinajstić information content (AvgIpc) is 3.27. The molecule has 3 amide bonds. The second-order valence-corrected chi connectivity index (χ2v) is 8.14. The van der Waals surface area contributed by atoms with Gasteiger partial charge in [0.1, 0.15) is 12.4 Å². The van der Waals surface area contributed by atoms with Crippen LogP contribution in [0.2, 0.25) is 0 Å². The summed E-state index contributed by atoms with van der Waals surface area (Å²) >= 11 is 0. The van der Waals surface area contributed by atoms with E-state index in [-0.39, 0.29) is 6.54 Å². The van der Waals surface area contributed by atoms with Crippen LogP contribution >= 0.6 is 0 Å². The smallest absolute Gasteiger partial charge is 0.262 e. The van der Waals surface area contributed by atoms with Crippen molar-refractivity contribution in [2.45, 2.75) is 20.8 Å². The van der Waals surface area contributed by atoms with Crippen LogP contribution < -0.4 is 5.32 Å². The third kappa shape index (κ3) is 3.45. The molecule has 0 spiro atoms. The van der Waals surface area contributed by atoms with Crippen molar-refractivity contribution in [3.8, 4) is 5.82 Å². The SMILES string of the molecule is Cc1cc(NC(=O)CN2C(=O)c3ccccc3C2=O)n(-c2cc(C)c3cccc(C)c3n2)n1. The summed E-state index contributed by atoms with van der Waals surface area (Å²) in [7, 11) is 0. The monoisotopic (exact) mass is 439 g/mol. The van der Waals surface area contributed by atoms with Crippen LogP contribution in [-0.2, 0) is 4.79 Å². The van der Waals surface area contributed by atoms with E-state index >= 15 is 0 Å². The van der Waals surface area contributed by atoms with Crippen molar-refractivity contribution in [1.82, 2.24) is 19.7 Å². The number of fused-ring (bicyclic) bond motifs is 2. The standard InChI is InChI=1S/C25H21N5O3/c1-14-7-6-10-17-15(2)11-20(27-23(14)17)30-21(12-16(3)28-30)26-22(31)13-29-24(32)18-8-4-5-9-19(18)25(29)33/h4-12H,13H2,1-3H3,(H,26,31). The second kappa shape index (κ2) is 7.67. The van der Waals surface area contributed by atoms with Gasteiger partial charge >= 0.3 is 0 Å². The number of amides is 3. The van der Waals surface area contributed by atoms with Gasteiger partial charge in [0.25, 0.3) is 11.8 Å². The first-order valence-electron chi connectivity index (χ1n) is 10.5. The van der Waals surface area contributed by atoms with Crippen LogP contribution in [0.3, 0.4) is 0 Å². The zero-order valence-corrected chi connectivity index (χ0v) is 18.4. The van der Waals surface area contributed by atoms with Crippen molar-refractivity contribution in [2.75, 3.05) is 11.9 Å². The van der Waals surface area contributed by atoms with Crippen molar-refractivity contribution in [3.05, 3.63) is 82.5 Å². The number of carbonyl (C=O) groups excluding carboxylic acids is 3. The number of nitrogens with one attached hydrogen (secondary N) is 1. The highest BCUT2D eigenvalue weighted by atomic mass is 16.2. The van der Waals surface area contributed by atoms with Gasteiger partial charge in [0, 0.05) is 11.5 Å². The molecule has 164 valence electrons. The Hall–Kier alpha value is -4.33. The number of hydrogen-bond donors (Lipinski definition) is 1. The molecule has 1 aliphatic heterocycles. The number of pyridine rings is 1. The minimum atomic E-state index is -0.501. The van der Waals surface area contributed by atoms with E-state index in [1.807, 2.05) is 45.0 Å². The van der Waals surface area contributed by atoms with Crippen LogP contribution in [0.4, 0.5) is 5.82 Å². The maximum atomic E-state index is 12.8. The van der Waals surface area contributed by atoms with E-state index in [0.717, 1.165) is 26.9 Å². The quantitative estimate of drug-likeness (QED) is 0.490. The Bertz CT molecular complexity index is 1440. The molecule has 0 aliphatic carbocycles. The number of benzene rings is 2. The molecule has 5 rings (SSSR count). The number of hydrogen-bond acceptors (Lipinski definition) is 5. The van der Waals surface area contributed by atoms with E-state index in [4.69, 9.17) is 4.98 Å². The molecule has 2 aromatic heterocycles. The first-order chi connectivity index (χ1) is 15.8. The van der Waals surface area contributed by atoms with Gasteiger partial charge in [-0.25, -0.2) is 4.98 Å². The molecule has 1 aliphatic rings. The number of imide groups is 1. The summed E-state index contributed by atoms with van der Waals surface area (Å²) in [6.45, 7) is 5.43. The summed E-state index contributed by atoms with van der Waals surface area (Å²) in [5.74, 6) is -0.470. The highest BCUT2D eigenvalue weighted by Crippen LogP contribution is 2.25. The van der Waals surface area contributed by atoms with Gasteiger partial charge in [0.2, 0.25) is 5.91 Å². The summed E-state index contributed by atoms with van der Waals surface area (Å²) in [5.41, 5.74) is 4.25. The van der Waals surface area contributed by atoms with E-state index in [9.17, 15) is 14.4 Å². The van der Waals surface area contributed by atoms with Crippen LogP contribution in [0.15, 0.2) is 54.6 Å². The Morgan fingerprint density at radius 3 is 2.30 bits per heavy atom. The fraction of sp³-hybridized carbons (Fsp3) is 0.160. The van der Waals surface area contributed by atoms with Gasteiger partial charge in [0.05, 0.1) is 22.3 Å². The minimum absolute atomic E-state index is 0.308. The summed E-state index contributed by atoms with van der Waals surface area (Å²) in [6.07, 6.45) is 0. The molecule has 0 fully saturated rings. The molecular weight excluding hydrogens is 418 g/mol. The average molecular weight is 439 g/mol. The molecule has 0 saturated heterocycles. The summed E-state index contributed by atoms with van der Waals surface area (Å²) in [4.78, 5) is 43.7. The van der Waals surface area contributed by atoms with E-state index in [0.29, 0.717) is 28.5 Å². The Balaban J connectivity index is 1.43. The fourth-order valence-electron chi connectivity index (χ4n) is 4.12. The van der Waals surface area contributed by atoms with Crippen molar-refractivity contribution < 1.29 is 14.4 Å². The third-order valence-electron chi connectivity index (χ3n) is 5.73. The van der Waals surface area contributed by atoms with Crippen molar-refractivity contribution in [1.29, 1.82) is 0 Å². The number of aryl methyl sites for hydroxylation is 3. The van der Waals surface area contributed by atoms with Gasteiger partial charge in [-0.1, -0.05) is 30.3 Å². The minimum Gasteiger partial charge on any atom is -0.309 e. The molecule has 1 N–H and O–H groups in total. The molecule has 3 heterocycles. The first-order valence-corrected chi connectivity index (χ1v) is 10.5. The van der Waals surface area contributed by atoms with Crippen LogP contribution in [0, 0.1) is 20.8 Å². The maximum Gasteiger partial charge on any atom is 0.262 e. The molecule has 0 unspecified atom stereocenters. The molecule has 8 nitrogen and oxygen atoms in total. The Morgan fingerprint density at radius 2 is 1.61 bits per heavy atom. The molecular formula is C25H21N5O3. The van der Waals surface area contributed by atoms with E-state index < -0.39 is 17.7 Å². The maximum absolute atomic E-state index is 12.8. The molecule has 4 aromatic rings. The molecule has 8 heteroatoms. The molecule has 0 bridgehead atoms. The molecule has 2 aromatic carbocycles. The van der Waals surface area contributed by atoms with Crippen LogP contribution in [0.25, 0.3) is 16.7 Å². The summed E-state index contributed by atoms with van der Waals surface area (Å²) in [5, 5.41) is 8.33. The van der Waals surface area contributed by atoms with Crippen LogP contribution in [0.1, 0.15) is 37.5 Å². The largest absolute Gasteiger partial charge is 0.309 e. The van der Waals surface area contributed by atoms with Gasteiger partial charge in [-0.15, -0.1) is 0 Å². The summed E-state index contributed by atoms with van der Waals surface area (Å²) in [6, 6.07) is 16.2. The molecule has 33 heavy (non-hydrogen) atoms. The zero-order valence-electron chi connectivity index (χ0n) is 18.4. The number of carbonyl (C=O) groups is 3. The number of anilines is 1. The highest BCUT2D eigenvalue weighted by Gasteiger charge is 2.36. The zero-order chi connectivity index (χ0) is 23.3. The van der Waals surface area contributed by atoms with Crippen LogP contribution in [0.5, 0.6) is 0 Å². The van der Waals surface area contributed by atoms with E-state index in [2.05, 4.69) is 10.4 Å². The number of para-hydroxylation sites is 1. The van der Waals surface area contributed by atoms with Crippen molar-refractivity contribution in [2.24, 2.45) is 0 Å². The highest BCUT2D eigenvalue weighted by molar-refractivity contribution is 6.22. The Morgan fingerprint density at radius 1 is 0.909 bits per heavy atom. The lowest BCUT2D eigenvalue weighted by atomic mass is 10.1. The van der Waals surface area contributed by atoms with Gasteiger partial charge in [-0.05, 0) is 50.1 Å². The molecule has 0 saturated carbocycles. The van der Waals surface area contributed by atoms with Crippen molar-refractivity contribution >= 4 is 34.4 Å². The first kappa shape index (κ1) is 20.6. The number of aromatic nitrogens is 3. The predicted octanol–water partition coefficient (Wildman–Crippen LogP) is 3.58. The van der Waals surface area contributed by atoms with E-state index in [1.165, 1.54) is 0 Å². The lowest BCUT2D eigenvalue weighted by Gasteiger charge is -2.15. The topological polar surface area (TPSA) is 97.2 Å². The molecule has 0 atom stereocenters. The number of rotatable bonds is 4. The third-order valence-corrected chi connectivity index (χ3v) is 5.73. The van der Waals surface area contributed by atoms with Gasteiger partial charge < -0.3 is 5.32 Å². The van der Waals surface area contributed by atoms with Crippen LogP contribution in [-0.4, -0.2) is 43.9 Å². The van der Waals surface area contributed by atoms with Gasteiger partial charge in [0.15, 0.2) is 5.82 Å². The predicted molar refractivity (Wildman–Crippen MR) is 124 cm³/mol. The number of nitrogens with zero attached hydrogens (tertiary/aromatic N) is 4. The fourth-order valence-corrected chi connectivity index (χ4v) is 4.12. The summed E-state index contributed by atoms with van der Waals surface area (Å²) < 4.78 is 1.56. The van der Waals surface area contributed by atoms with E-state index in [1.54, 1.807) is 35.0 Å². The van der Waals surface area contributed by atoms with Gasteiger partial charge in [-0.3, -0.25) is 19.3 Å². The lowest BCUT2D eigenvalue weighted by Crippen LogP contribution is -2.37. The van der Waals surface area contributed by atoms with Gasteiger partial charge in [-0.2, -0.15) is 9.78 Å².